The average Bonchev–Trinajstić information content (AvgIpc) is 2.34. The third kappa shape index (κ3) is 4.84. The molecule has 90 valence electrons. The van der Waals surface area contributed by atoms with Crippen LogP contribution in [0.2, 0.25) is 0 Å². The van der Waals surface area contributed by atoms with Crippen molar-refractivity contribution < 1.29 is 4.74 Å². The molecule has 0 unspecified atom stereocenters. The minimum absolute atomic E-state index is 0.359. The standard InChI is InChI=1S/C15H19NO/c1-4-11-17-12-10-16-15(13(2)3)14-8-6-5-7-9-14/h1,5-9,13H,10-12H2,2-3H3. The van der Waals surface area contributed by atoms with E-state index >= 15 is 0 Å². The smallest absolute Gasteiger partial charge is 0.107 e. The number of benzene rings is 1. The van der Waals surface area contributed by atoms with E-state index in [-0.39, 0.29) is 0 Å². The average molecular weight is 229 g/mol. The highest BCUT2D eigenvalue weighted by atomic mass is 16.5. The van der Waals surface area contributed by atoms with Crippen molar-refractivity contribution in [1.29, 1.82) is 0 Å². The van der Waals surface area contributed by atoms with Crippen LogP contribution < -0.4 is 0 Å². The van der Waals surface area contributed by atoms with Crippen LogP contribution in [-0.2, 0) is 4.74 Å². The topological polar surface area (TPSA) is 21.6 Å². The first-order valence-electron chi connectivity index (χ1n) is 5.86. The Bertz CT molecular complexity index is 387. The van der Waals surface area contributed by atoms with Crippen LogP contribution in [0.3, 0.4) is 0 Å². The lowest BCUT2D eigenvalue weighted by atomic mass is 10.00. The van der Waals surface area contributed by atoms with E-state index in [1.54, 1.807) is 0 Å². The fourth-order valence-corrected chi connectivity index (χ4v) is 1.58. The number of ether oxygens (including phenoxy) is 1. The van der Waals surface area contributed by atoms with Gasteiger partial charge < -0.3 is 4.74 Å². The molecule has 1 aromatic rings. The monoisotopic (exact) mass is 229 g/mol. The predicted molar refractivity (Wildman–Crippen MR) is 72.3 cm³/mol. The first kappa shape index (κ1) is 13.5. The summed E-state index contributed by atoms with van der Waals surface area (Å²) in [5.41, 5.74) is 2.30. The molecule has 0 bridgehead atoms. The number of hydrogen-bond donors (Lipinski definition) is 0. The van der Waals surface area contributed by atoms with Crippen LogP contribution in [0.25, 0.3) is 0 Å². The van der Waals surface area contributed by atoms with Gasteiger partial charge in [-0.2, -0.15) is 0 Å². The summed E-state index contributed by atoms with van der Waals surface area (Å²) in [5, 5.41) is 0. The summed E-state index contributed by atoms with van der Waals surface area (Å²) in [6, 6.07) is 10.2. The van der Waals surface area contributed by atoms with E-state index < -0.39 is 0 Å². The minimum Gasteiger partial charge on any atom is -0.367 e. The Morgan fingerprint density at radius 2 is 2.06 bits per heavy atom. The van der Waals surface area contributed by atoms with Crippen molar-refractivity contribution >= 4 is 5.71 Å². The molecular formula is C15H19NO. The van der Waals surface area contributed by atoms with Crippen LogP contribution in [0.15, 0.2) is 35.3 Å². The molecule has 2 heteroatoms. The van der Waals surface area contributed by atoms with Crippen molar-refractivity contribution in [2.75, 3.05) is 19.8 Å². The number of rotatable bonds is 6. The lowest BCUT2D eigenvalue weighted by Crippen LogP contribution is -2.11. The van der Waals surface area contributed by atoms with Crippen LogP contribution >= 0.6 is 0 Å². The molecule has 0 aliphatic heterocycles. The first-order valence-corrected chi connectivity index (χ1v) is 5.86. The molecule has 1 aromatic carbocycles. The highest BCUT2D eigenvalue weighted by molar-refractivity contribution is 6.01. The summed E-state index contributed by atoms with van der Waals surface area (Å²) in [6.07, 6.45) is 5.10. The van der Waals surface area contributed by atoms with Gasteiger partial charge in [0.2, 0.25) is 0 Å². The van der Waals surface area contributed by atoms with Crippen LogP contribution in [0.4, 0.5) is 0 Å². The minimum atomic E-state index is 0.359. The molecule has 0 aliphatic rings. The van der Waals surface area contributed by atoms with E-state index in [2.05, 4.69) is 36.9 Å². The lowest BCUT2D eigenvalue weighted by molar-refractivity contribution is 0.176. The Morgan fingerprint density at radius 3 is 2.65 bits per heavy atom. The van der Waals surface area contributed by atoms with Crippen molar-refractivity contribution in [1.82, 2.24) is 0 Å². The van der Waals surface area contributed by atoms with Crippen molar-refractivity contribution in [3.8, 4) is 12.3 Å². The fraction of sp³-hybridized carbons (Fsp3) is 0.400. The molecule has 17 heavy (non-hydrogen) atoms. The van der Waals surface area contributed by atoms with E-state index in [1.807, 2.05) is 18.2 Å². The zero-order valence-electron chi connectivity index (χ0n) is 10.5. The quantitative estimate of drug-likeness (QED) is 0.417. The molecule has 0 radical (unpaired) electrons. The molecule has 0 amide bonds. The van der Waals surface area contributed by atoms with E-state index in [0.29, 0.717) is 25.7 Å². The van der Waals surface area contributed by atoms with E-state index in [0.717, 1.165) is 5.71 Å². The van der Waals surface area contributed by atoms with Gasteiger partial charge in [0, 0.05) is 5.71 Å². The van der Waals surface area contributed by atoms with Crippen LogP contribution in [0, 0.1) is 18.3 Å². The molecule has 0 heterocycles. The Hall–Kier alpha value is -1.59. The molecule has 0 N–H and O–H groups in total. The predicted octanol–water partition coefficient (Wildman–Crippen LogP) is 2.78. The summed E-state index contributed by atoms with van der Waals surface area (Å²) in [6.45, 7) is 5.89. The molecule has 0 spiro atoms. The van der Waals surface area contributed by atoms with Gasteiger partial charge in [-0.05, 0) is 11.5 Å². The Balaban J connectivity index is 2.61. The van der Waals surface area contributed by atoms with Crippen LogP contribution in [0.1, 0.15) is 19.4 Å². The van der Waals surface area contributed by atoms with E-state index in [9.17, 15) is 0 Å². The maximum atomic E-state index is 5.21. The number of nitrogens with zero attached hydrogens (tertiary/aromatic N) is 1. The summed E-state index contributed by atoms with van der Waals surface area (Å²) >= 11 is 0. The molecule has 0 aliphatic carbocycles. The van der Waals surface area contributed by atoms with Gasteiger partial charge in [0.15, 0.2) is 0 Å². The second kappa shape index (κ2) is 7.65. The summed E-state index contributed by atoms with van der Waals surface area (Å²) in [4.78, 5) is 4.59. The normalized spacial score (nSPS) is 11.5. The molecule has 2 nitrogen and oxygen atoms in total. The van der Waals surface area contributed by atoms with Crippen molar-refractivity contribution in [2.45, 2.75) is 13.8 Å². The van der Waals surface area contributed by atoms with Gasteiger partial charge in [-0.15, -0.1) is 6.42 Å². The van der Waals surface area contributed by atoms with Gasteiger partial charge >= 0.3 is 0 Å². The van der Waals surface area contributed by atoms with Crippen LogP contribution in [-0.4, -0.2) is 25.5 Å². The van der Waals surface area contributed by atoms with Gasteiger partial charge in [-0.1, -0.05) is 50.1 Å². The molecule has 0 saturated carbocycles. The fourth-order valence-electron chi connectivity index (χ4n) is 1.58. The maximum Gasteiger partial charge on any atom is 0.107 e. The lowest BCUT2D eigenvalue weighted by Gasteiger charge is -2.10. The molecule has 0 saturated heterocycles. The largest absolute Gasteiger partial charge is 0.367 e. The zero-order valence-corrected chi connectivity index (χ0v) is 10.5. The third-order valence-electron chi connectivity index (χ3n) is 2.32. The van der Waals surface area contributed by atoms with Gasteiger partial charge in [0.25, 0.3) is 0 Å². The molecule has 0 aromatic heterocycles. The molecule has 1 rings (SSSR count). The first-order chi connectivity index (χ1) is 8.25. The Kier molecular flexibility index (Phi) is 6.06. The van der Waals surface area contributed by atoms with E-state index in [1.165, 1.54) is 5.56 Å². The second-order valence-corrected chi connectivity index (χ2v) is 4.04. The van der Waals surface area contributed by atoms with Gasteiger partial charge in [0.1, 0.15) is 6.61 Å². The van der Waals surface area contributed by atoms with Gasteiger partial charge in [-0.25, -0.2) is 0 Å². The number of hydrogen-bond acceptors (Lipinski definition) is 2. The summed E-state index contributed by atoms with van der Waals surface area (Å²) < 4.78 is 5.21. The van der Waals surface area contributed by atoms with Gasteiger partial charge in [-0.3, -0.25) is 4.99 Å². The van der Waals surface area contributed by atoms with Crippen LogP contribution in [0.5, 0.6) is 0 Å². The maximum absolute atomic E-state index is 5.21. The summed E-state index contributed by atoms with van der Waals surface area (Å²) in [5.74, 6) is 2.85. The Labute approximate surface area is 104 Å². The van der Waals surface area contributed by atoms with Crippen molar-refractivity contribution in [3.05, 3.63) is 35.9 Å². The highest BCUT2D eigenvalue weighted by Gasteiger charge is 2.06. The van der Waals surface area contributed by atoms with Crippen molar-refractivity contribution in [2.24, 2.45) is 10.9 Å². The molecule has 0 fully saturated rings. The number of aliphatic imine (C=N–C) groups is 1. The Morgan fingerprint density at radius 1 is 1.35 bits per heavy atom. The third-order valence-corrected chi connectivity index (χ3v) is 2.32. The van der Waals surface area contributed by atoms with Crippen molar-refractivity contribution in [3.63, 3.8) is 0 Å². The van der Waals surface area contributed by atoms with E-state index in [4.69, 9.17) is 11.2 Å². The molecule has 0 atom stereocenters. The second-order valence-electron chi connectivity index (χ2n) is 4.04. The summed E-state index contributed by atoms with van der Waals surface area (Å²) in [7, 11) is 0. The van der Waals surface area contributed by atoms with Gasteiger partial charge in [0.05, 0.1) is 13.2 Å². The molecular weight excluding hydrogens is 210 g/mol. The SMILES string of the molecule is C#CCOCCN=C(c1ccccc1)C(C)C. The zero-order chi connectivity index (χ0) is 12.5. The highest BCUT2D eigenvalue weighted by Crippen LogP contribution is 2.09. The number of terminal acetylenes is 1.